The Morgan fingerprint density at radius 2 is 2.00 bits per heavy atom. The largest absolute Gasteiger partial charge is 0.477 e. The minimum absolute atomic E-state index is 0.149. The Hall–Kier alpha value is -0.570. The second-order valence-corrected chi connectivity index (χ2v) is 3.92. The van der Waals surface area contributed by atoms with Crippen molar-refractivity contribution >= 4 is 5.97 Å². The molecular formula is C10H20NO2+. The molecule has 13 heavy (non-hydrogen) atoms. The number of nitrogens with zero attached hydrogens (tertiary/aromatic N) is 1. The Balaban J connectivity index is 2.81. The molecule has 0 aromatic carbocycles. The molecule has 3 nitrogen and oxygen atoms in total. The van der Waals surface area contributed by atoms with Crippen molar-refractivity contribution in [2.75, 3.05) is 19.6 Å². The van der Waals surface area contributed by atoms with E-state index in [9.17, 15) is 4.79 Å². The summed E-state index contributed by atoms with van der Waals surface area (Å²) in [6.07, 6.45) is 3.12. The van der Waals surface area contributed by atoms with Crippen molar-refractivity contribution in [3.8, 4) is 0 Å². The van der Waals surface area contributed by atoms with Crippen molar-refractivity contribution in [3.63, 3.8) is 0 Å². The summed E-state index contributed by atoms with van der Waals surface area (Å²) in [7, 11) is 0. The second-order valence-electron chi connectivity index (χ2n) is 3.92. The number of quaternary nitrogens is 1. The van der Waals surface area contributed by atoms with E-state index in [0.717, 1.165) is 37.0 Å². The summed E-state index contributed by atoms with van der Waals surface area (Å²) in [5, 5.41) is 9.12. The first kappa shape index (κ1) is 10.5. The fraction of sp³-hybridized carbons (Fsp3) is 0.900. The minimum Gasteiger partial charge on any atom is -0.477 e. The van der Waals surface area contributed by atoms with Crippen LogP contribution >= 0.6 is 0 Å². The van der Waals surface area contributed by atoms with E-state index in [2.05, 4.69) is 13.8 Å². The van der Waals surface area contributed by atoms with Crippen LogP contribution in [0.2, 0.25) is 0 Å². The number of carboxylic acids is 1. The molecule has 1 fully saturated rings. The van der Waals surface area contributed by atoms with Gasteiger partial charge >= 0.3 is 5.97 Å². The van der Waals surface area contributed by atoms with Gasteiger partial charge in [-0.05, 0) is 26.7 Å². The lowest BCUT2D eigenvalue weighted by Gasteiger charge is -2.44. The van der Waals surface area contributed by atoms with Crippen LogP contribution in [-0.2, 0) is 4.79 Å². The molecule has 1 saturated heterocycles. The molecule has 1 unspecified atom stereocenters. The average Bonchev–Trinajstić information content (AvgIpc) is 2.17. The number of carboxylic acid groups (broad SMARTS) is 1. The zero-order valence-electron chi connectivity index (χ0n) is 8.62. The first-order chi connectivity index (χ1) is 6.16. The fourth-order valence-corrected chi connectivity index (χ4v) is 2.53. The van der Waals surface area contributed by atoms with Gasteiger partial charge in [-0.2, -0.15) is 0 Å². The number of rotatable bonds is 3. The molecule has 0 aliphatic carbocycles. The van der Waals surface area contributed by atoms with Crippen LogP contribution in [0.3, 0.4) is 0 Å². The summed E-state index contributed by atoms with van der Waals surface area (Å²) in [4.78, 5) is 11.1. The summed E-state index contributed by atoms with van der Waals surface area (Å²) in [5.41, 5.74) is 0. The molecule has 76 valence electrons. The van der Waals surface area contributed by atoms with E-state index < -0.39 is 5.97 Å². The van der Waals surface area contributed by atoms with Crippen LogP contribution in [0.5, 0.6) is 0 Å². The molecular weight excluding hydrogens is 166 g/mol. The molecule has 0 aromatic rings. The Kier molecular flexibility index (Phi) is 3.31. The van der Waals surface area contributed by atoms with Gasteiger partial charge in [0.2, 0.25) is 0 Å². The molecule has 0 spiro atoms. The van der Waals surface area contributed by atoms with Crippen molar-refractivity contribution < 1.29 is 14.4 Å². The summed E-state index contributed by atoms with van der Waals surface area (Å²) >= 11 is 0. The van der Waals surface area contributed by atoms with E-state index in [1.165, 1.54) is 6.42 Å². The van der Waals surface area contributed by atoms with Gasteiger partial charge in [0, 0.05) is 6.42 Å². The summed E-state index contributed by atoms with van der Waals surface area (Å²) in [6, 6.07) is -0.149. The number of carbonyl (C=O) groups is 1. The molecule has 1 N–H and O–H groups in total. The Labute approximate surface area is 79.9 Å². The zero-order valence-corrected chi connectivity index (χ0v) is 8.62. The molecule has 0 aromatic heterocycles. The quantitative estimate of drug-likeness (QED) is 0.678. The smallest absolute Gasteiger partial charge is 0.362 e. The second kappa shape index (κ2) is 4.09. The van der Waals surface area contributed by atoms with Crippen molar-refractivity contribution in [1.82, 2.24) is 0 Å². The van der Waals surface area contributed by atoms with Gasteiger partial charge in [-0.25, -0.2) is 4.79 Å². The predicted molar refractivity (Wildman–Crippen MR) is 51.5 cm³/mol. The van der Waals surface area contributed by atoms with Gasteiger partial charge in [0.25, 0.3) is 0 Å². The molecule has 0 amide bonds. The third-order valence-corrected chi connectivity index (χ3v) is 3.54. The lowest BCUT2D eigenvalue weighted by Crippen LogP contribution is -2.60. The molecule has 1 rings (SSSR count). The van der Waals surface area contributed by atoms with Crippen LogP contribution in [0.1, 0.15) is 33.1 Å². The van der Waals surface area contributed by atoms with Crippen LogP contribution in [-0.4, -0.2) is 41.2 Å². The highest BCUT2D eigenvalue weighted by atomic mass is 16.4. The zero-order chi connectivity index (χ0) is 9.90. The minimum atomic E-state index is -0.608. The molecule has 1 aliphatic heterocycles. The highest BCUT2D eigenvalue weighted by Gasteiger charge is 2.41. The topological polar surface area (TPSA) is 37.3 Å². The lowest BCUT2D eigenvalue weighted by atomic mass is 9.98. The third kappa shape index (κ3) is 1.85. The highest BCUT2D eigenvalue weighted by Crippen LogP contribution is 2.25. The number of hydrogen-bond acceptors (Lipinski definition) is 1. The molecule has 1 aliphatic rings. The van der Waals surface area contributed by atoms with Gasteiger partial charge in [0.1, 0.15) is 0 Å². The van der Waals surface area contributed by atoms with E-state index in [4.69, 9.17) is 5.11 Å². The maximum absolute atomic E-state index is 11.1. The van der Waals surface area contributed by atoms with Crippen LogP contribution in [0.15, 0.2) is 0 Å². The summed E-state index contributed by atoms with van der Waals surface area (Å²) in [5.74, 6) is -0.608. The van der Waals surface area contributed by atoms with Gasteiger partial charge < -0.3 is 9.59 Å². The molecule has 3 heteroatoms. The molecule has 0 saturated carbocycles. The lowest BCUT2D eigenvalue weighted by molar-refractivity contribution is -0.944. The first-order valence-corrected chi connectivity index (χ1v) is 5.25. The Morgan fingerprint density at radius 1 is 1.38 bits per heavy atom. The first-order valence-electron chi connectivity index (χ1n) is 5.25. The number of aliphatic carboxylic acids is 1. The van der Waals surface area contributed by atoms with E-state index >= 15 is 0 Å². The predicted octanol–water partition coefficient (Wildman–Crippen LogP) is 1.48. The number of likely N-dealkylation sites (N-methyl/N-ethyl adjacent to an activating group) is 1. The van der Waals surface area contributed by atoms with Crippen molar-refractivity contribution in [2.24, 2.45) is 0 Å². The number of likely N-dealkylation sites (tertiary alicyclic amines) is 1. The van der Waals surface area contributed by atoms with Gasteiger partial charge in [-0.15, -0.1) is 0 Å². The van der Waals surface area contributed by atoms with E-state index in [0.29, 0.717) is 0 Å². The van der Waals surface area contributed by atoms with Crippen LogP contribution < -0.4 is 0 Å². The van der Waals surface area contributed by atoms with Gasteiger partial charge in [0.05, 0.1) is 19.6 Å². The average molecular weight is 186 g/mol. The standard InChI is InChI=1S/C10H19NO2/c1-3-11(4-2)8-6-5-7-9(11)10(12)13/h9H,3-8H2,1-2H3/p+1. The summed E-state index contributed by atoms with van der Waals surface area (Å²) < 4.78 is 0.787. The van der Waals surface area contributed by atoms with Crippen molar-refractivity contribution in [3.05, 3.63) is 0 Å². The van der Waals surface area contributed by atoms with Crippen molar-refractivity contribution in [2.45, 2.75) is 39.2 Å². The normalized spacial score (nSPS) is 27.1. The monoisotopic (exact) mass is 186 g/mol. The van der Waals surface area contributed by atoms with E-state index in [1.54, 1.807) is 0 Å². The summed E-state index contributed by atoms with van der Waals surface area (Å²) in [6.45, 7) is 7.15. The fourth-order valence-electron chi connectivity index (χ4n) is 2.53. The van der Waals surface area contributed by atoms with Gasteiger partial charge in [-0.1, -0.05) is 0 Å². The molecule has 0 radical (unpaired) electrons. The van der Waals surface area contributed by atoms with Gasteiger partial charge in [0.15, 0.2) is 6.04 Å². The van der Waals surface area contributed by atoms with Crippen molar-refractivity contribution in [1.29, 1.82) is 0 Å². The van der Waals surface area contributed by atoms with E-state index in [1.807, 2.05) is 0 Å². The van der Waals surface area contributed by atoms with Crippen LogP contribution in [0.25, 0.3) is 0 Å². The van der Waals surface area contributed by atoms with Gasteiger partial charge in [-0.3, -0.25) is 0 Å². The van der Waals surface area contributed by atoms with Crippen LogP contribution in [0, 0.1) is 0 Å². The number of piperidine rings is 1. The third-order valence-electron chi connectivity index (χ3n) is 3.54. The molecule has 0 bridgehead atoms. The molecule has 1 heterocycles. The molecule has 1 atom stereocenters. The van der Waals surface area contributed by atoms with E-state index in [-0.39, 0.29) is 6.04 Å². The maximum Gasteiger partial charge on any atom is 0.362 e. The SMILES string of the molecule is CC[N+]1(CC)CCCCC1C(=O)O. The Bertz CT molecular complexity index is 187. The van der Waals surface area contributed by atoms with Crippen LogP contribution in [0.4, 0.5) is 0 Å². The number of hydrogen-bond donors (Lipinski definition) is 1. The maximum atomic E-state index is 11.1. The highest BCUT2D eigenvalue weighted by molar-refractivity contribution is 5.72. The Morgan fingerprint density at radius 3 is 2.38 bits per heavy atom.